The highest BCUT2D eigenvalue weighted by atomic mass is 32.2. The van der Waals surface area contributed by atoms with Crippen molar-refractivity contribution in [1.82, 2.24) is 29.5 Å². The van der Waals surface area contributed by atoms with Gasteiger partial charge in [-0.2, -0.15) is 9.40 Å². The third-order valence-corrected chi connectivity index (χ3v) is 9.14. The molecule has 0 saturated carbocycles. The number of rotatable bonds is 7. The Bertz CT molecular complexity index is 1490. The van der Waals surface area contributed by atoms with Crippen molar-refractivity contribution in [2.24, 2.45) is 0 Å². The van der Waals surface area contributed by atoms with E-state index < -0.39 is 10.0 Å². The quantitative estimate of drug-likeness (QED) is 0.333. The maximum atomic E-state index is 13.5. The molecular weight excluding hydrogens is 488 g/mol. The van der Waals surface area contributed by atoms with Gasteiger partial charge in [0.1, 0.15) is 11.6 Å². The van der Waals surface area contributed by atoms with Crippen LogP contribution in [0.3, 0.4) is 0 Å². The topological polar surface area (TPSA) is 129 Å². The second-order valence-electron chi connectivity index (χ2n) is 9.99. The van der Waals surface area contributed by atoms with Crippen LogP contribution in [-0.2, 0) is 15.8 Å². The highest BCUT2D eigenvalue weighted by Crippen LogP contribution is 2.38. The number of piperidine rings is 2. The summed E-state index contributed by atoms with van der Waals surface area (Å²) in [5.74, 6) is 2.07. The average molecular weight is 519 g/mol. The zero-order valence-corrected chi connectivity index (χ0v) is 21.4. The summed E-state index contributed by atoms with van der Waals surface area (Å²) in [6.45, 7) is 1.95. The van der Waals surface area contributed by atoms with E-state index in [-0.39, 0.29) is 23.9 Å². The maximum absolute atomic E-state index is 13.5. The SMILES string of the molecule is Cc1cc(Nc2cc3ncccc3c(NC3C[C@H]4CCC[C@@H](C3)N4S(=O)(=O)Cc3cccnc3)n2)n[nH]1. The Morgan fingerprint density at radius 1 is 1.08 bits per heavy atom. The predicted octanol–water partition coefficient (Wildman–Crippen LogP) is 4.13. The lowest BCUT2D eigenvalue weighted by Crippen LogP contribution is -2.57. The van der Waals surface area contributed by atoms with E-state index >= 15 is 0 Å². The summed E-state index contributed by atoms with van der Waals surface area (Å²) in [5, 5.41) is 15.0. The number of hydrogen-bond acceptors (Lipinski definition) is 8. The van der Waals surface area contributed by atoms with Crippen LogP contribution in [0.5, 0.6) is 0 Å². The second kappa shape index (κ2) is 9.71. The van der Waals surface area contributed by atoms with Crippen LogP contribution in [0.2, 0.25) is 0 Å². The molecule has 0 amide bonds. The van der Waals surface area contributed by atoms with Gasteiger partial charge in [-0.05, 0) is 56.4 Å². The summed E-state index contributed by atoms with van der Waals surface area (Å²) >= 11 is 0. The van der Waals surface area contributed by atoms with Gasteiger partial charge in [-0.1, -0.05) is 12.5 Å². The van der Waals surface area contributed by atoms with Crippen molar-refractivity contribution in [3.05, 3.63) is 66.2 Å². The first kappa shape index (κ1) is 23.8. The van der Waals surface area contributed by atoms with Crippen LogP contribution in [0.25, 0.3) is 10.9 Å². The third kappa shape index (κ3) is 5.01. The van der Waals surface area contributed by atoms with Crippen molar-refractivity contribution in [1.29, 1.82) is 0 Å². The summed E-state index contributed by atoms with van der Waals surface area (Å²) in [7, 11) is -3.45. The maximum Gasteiger partial charge on any atom is 0.218 e. The number of pyridine rings is 3. The lowest BCUT2D eigenvalue weighted by Gasteiger charge is -2.48. The molecule has 11 heteroatoms. The van der Waals surface area contributed by atoms with Crippen LogP contribution in [0, 0.1) is 6.92 Å². The Hall–Kier alpha value is -3.57. The Morgan fingerprint density at radius 2 is 1.89 bits per heavy atom. The standard InChI is InChI=1S/C26H30N8O2S/c1-17-11-25(33-32-17)30-24-14-23-22(8-4-10-28-23)26(31-24)29-19-12-20-6-2-7-21(13-19)34(20)37(35,36)16-18-5-3-9-27-15-18/h3-5,8-11,14-15,19-21H,2,6-7,12-13,16H2,1H3,(H3,29,30,31,32,33)/t19?,20-,21+. The summed E-state index contributed by atoms with van der Waals surface area (Å²) < 4.78 is 28.7. The van der Waals surface area contributed by atoms with E-state index in [1.54, 1.807) is 29.0 Å². The van der Waals surface area contributed by atoms with E-state index in [0.717, 1.165) is 60.1 Å². The van der Waals surface area contributed by atoms with Gasteiger partial charge in [0.25, 0.3) is 0 Å². The number of nitrogens with zero attached hydrogens (tertiary/aromatic N) is 5. The van der Waals surface area contributed by atoms with Gasteiger partial charge in [-0.3, -0.25) is 15.1 Å². The van der Waals surface area contributed by atoms with E-state index in [9.17, 15) is 8.42 Å². The Morgan fingerprint density at radius 3 is 2.62 bits per heavy atom. The normalized spacial score (nSPS) is 22.1. The Labute approximate surface area is 216 Å². The van der Waals surface area contributed by atoms with E-state index in [0.29, 0.717) is 11.6 Å². The van der Waals surface area contributed by atoms with Crippen LogP contribution in [0.15, 0.2) is 55.0 Å². The number of aromatic amines is 1. The van der Waals surface area contributed by atoms with Gasteiger partial charge in [0.2, 0.25) is 10.0 Å². The minimum Gasteiger partial charge on any atom is -0.367 e. The molecule has 0 radical (unpaired) electrons. The van der Waals surface area contributed by atoms with E-state index in [4.69, 9.17) is 4.98 Å². The molecule has 2 aliphatic rings. The van der Waals surface area contributed by atoms with Crippen LogP contribution < -0.4 is 10.6 Å². The molecule has 3 atom stereocenters. The van der Waals surface area contributed by atoms with Crippen LogP contribution in [0.4, 0.5) is 17.5 Å². The number of H-pyrrole nitrogens is 1. The van der Waals surface area contributed by atoms with Crippen molar-refractivity contribution < 1.29 is 8.42 Å². The molecular formula is C26H30N8O2S. The van der Waals surface area contributed by atoms with Crippen LogP contribution in [-0.4, -0.2) is 56.0 Å². The number of anilines is 3. The van der Waals surface area contributed by atoms with Gasteiger partial charge in [0.05, 0.1) is 11.3 Å². The zero-order valence-electron chi connectivity index (χ0n) is 20.6. The molecule has 6 rings (SSSR count). The van der Waals surface area contributed by atoms with Crippen LogP contribution >= 0.6 is 0 Å². The summed E-state index contributed by atoms with van der Waals surface area (Å²) in [6.07, 6.45) is 9.34. The fraction of sp³-hybridized carbons (Fsp3) is 0.385. The first-order valence-electron chi connectivity index (χ1n) is 12.7. The fourth-order valence-electron chi connectivity index (χ4n) is 5.73. The molecule has 1 unspecified atom stereocenters. The summed E-state index contributed by atoms with van der Waals surface area (Å²) in [5.41, 5.74) is 2.50. The molecule has 2 saturated heterocycles. The van der Waals surface area contributed by atoms with Gasteiger partial charge in [0, 0.05) is 59.9 Å². The van der Waals surface area contributed by atoms with Crippen molar-refractivity contribution in [3.63, 3.8) is 0 Å². The van der Waals surface area contributed by atoms with Crippen LogP contribution in [0.1, 0.15) is 43.4 Å². The number of aromatic nitrogens is 5. The zero-order chi connectivity index (χ0) is 25.4. The molecule has 2 bridgehead atoms. The first-order chi connectivity index (χ1) is 17.9. The minimum atomic E-state index is -3.45. The molecule has 0 spiro atoms. The number of sulfonamides is 1. The van der Waals surface area contributed by atoms with Crippen molar-refractivity contribution in [2.45, 2.75) is 62.9 Å². The smallest absolute Gasteiger partial charge is 0.218 e. The monoisotopic (exact) mass is 518 g/mol. The molecule has 6 heterocycles. The van der Waals surface area contributed by atoms with E-state index in [2.05, 4.69) is 30.8 Å². The van der Waals surface area contributed by atoms with Gasteiger partial charge in [-0.15, -0.1) is 0 Å². The number of aryl methyl sites for hydroxylation is 1. The second-order valence-corrected chi connectivity index (χ2v) is 11.9. The molecule has 4 aromatic heterocycles. The molecule has 192 valence electrons. The van der Waals surface area contributed by atoms with E-state index in [1.807, 2.05) is 37.3 Å². The highest BCUT2D eigenvalue weighted by molar-refractivity contribution is 7.88. The lowest BCUT2D eigenvalue weighted by molar-refractivity contribution is 0.115. The average Bonchev–Trinajstić information content (AvgIpc) is 3.28. The number of nitrogens with one attached hydrogen (secondary N) is 3. The fourth-order valence-corrected chi connectivity index (χ4v) is 7.77. The first-order valence-corrected chi connectivity index (χ1v) is 14.3. The minimum absolute atomic E-state index is 0.00975. The van der Waals surface area contributed by atoms with Crippen molar-refractivity contribution in [2.75, 3.05) is 10.6 Å². The largest absolute Gasteiger partial charge is 0.367 e. The van der Waals surface area contributed by atoms with Gasteiger partial charge >= 0.3 is 0 Å². The molecule has 3 N–H and O–H groups in total. The molecule has 0 aromatic carbocycles. The lowest BCUT2D eigenvalue weighted by atomic mass is 9.84. The highest BCUT2D eigenvalue weighted by Gasteiger charge is 2.44. The van der Waals surface area contributed by atoms with Crippen molar-refractivity contribution in [3.8, 4) is 0 Å². The number of fused-ring (bicyclic) bond motifs is 3. The Balaban J connectivity index is 1.24. The number of hydrogen-bond donors (Lipinski definition) is 3. The molecule has 10 nitrogen and oxygen atoms in total. The van der Waals surface area contributed by atoms with Gasteiger partial charge < -0.3 is 10.6 Å². The Kier molecular flexibility index (Phi) is 6.25. The van der Waals surface area contributed by atoms with E-state index in [1.165, 1.54) is 0 Å². The molecule has 2 aliphatic heterocycles. The van der Waals surface area contributed by atoms with Crippen molar-refractivity contribution >= 4 is 38.4 Å². The van der Waals surface area contributed by atoms with Gasteiger partial charge in [-0.25, -0.2) is 13.4 Å². The molecule has 2 fully saturated rings. The van der Waals surface area contributed by atoms with Gasteiger partial charge in [0.15, 0.2) is 5.82 Å². The predicted molar refractivity (Wildman–Crippen MR) is 143 cm³/mol. The molecule has 37 heavy (non-hydrogen) atoms. The summed E-state index contributed by atoms with van der Waals surface area (Å²) in [6, 6.07) is 11.4. The summed E-state index contributed by atoms with van der Waals surface area (Å²) in [4.78, 5) is 13.5. The third-order valence-electron chi connectivity index (χ3n) is 7.20. The molecule has 4 aromatic rings. The molecule has 0 aliphatic carbocycles.